The lowest BCUT2D eigenvalue weighted by Gasteiger charge is -2.26. The van der Waals surface area contributed by atoms with Crippen LogP contribution in [0.2, 0.25) is 0 Å². The van der Waals surface area contributed by atoms with Gasteiger partial charge in [0.2, 0.25) is 0 Å². The molecule has 1 saturated heterocycles. The van der Waals surface area contributed by atoms with E-state index in [0.29, 0.717) is 26.3 Å². The molecule has 2 aromatic heterocycles. The molecular weight excluding hydrogens is 370 g/mol. The molecule has 3 aromatic rings. The molecule has 8 nitrogen and oxygen atoms in total. The molecule has 150 valence electrons. The van der Waals surface area contributed by atoms with E-state index in [1.807, 2.05) is 42.9 Å². The van der Waals surface area contributed by atoms with Crippen molar-refractivity contribution in [2.24, 2.45) is 7.05 Å². The smallest absolute Gasteiger partial charge is 0.275 e. The molecule has 0 spiro atoms. The lowest BCUT2D eigenvalue weighted by Crippen LogP contribution is -2.42. The Bertz CT molecular complexity index is 1060. The Labute approximate surface area is 168 Å². The van der Waals surface area contributed by atoms with Gasteiger partial charge in [-0.3, -0.25) is 9.59 Å². The van der Waals surface area contributed by atoms with Crippen molar-refractivity contribution >= 4 is 22.7 Å². The third-order valence-corrected chi connectivity index (χ3v) is 5.17. The molecule has 0 bridgehead atoms. The Morgan fingerprint density at radius 2 is 1.83 bits per heavy atom. The summed E-state index contributed by atoms with van der Waals surface area (Å²) in [6, 6.07) is 7.87. The number of aromatic nitrogens is 3. The number of carbonyl (C=O) groups excluding carboxylic acids is 2. The summed E-state index contributed by atoms with van der Waals surface area (Å²) in [6.45, 7) is 3.81. The lowest BCUT2D eigenvalue weighted by molar-refractivity contribution is 0.0297. The molecule has 8 heteroatoms. The van der Waals surface area contributed by atoms with Crippen LogP contribution < -0.4 is 5.32 Å². The summed E-state index contributed by atoms with van der Waals surface area (Å²) < 4.78 is 7.32. The lowest BCUT2D eigenvalue weighted by atomic mass is 10.1. The second kappa shape index (κ2) is 8.00. The molecule has 1 unspecified atom stereocenters. The van der Waals surface area contributed by atoms with E-state index in [-0.39, 0.29) is 23.3 Å². The molecule has 1 aliphatic heterocycles. The van der Waals surface area contributed by atoms with Crippen LogP contribution in [0.25, 0.3) is 10.9 Å². The maximum atomic E-state index is 12.9. The van der Waals surface area contributed by atoms with Crippen molar-refractivity contribution < 1.29 is 14.3 Å². The largest absolute Gasteiger partial charge is 0.378 e. The number of morpholine rings is 1. The van der Waals surface area contributed by atoms with E-state index in [0.717, 1.165) is 16.5 Å². The summed E-state index contributed by atoms with van der Waals surface area (Å²) >= 11 is 0. The number of rotatable bonds is 4. The number of fused-ring (bicyclic) bond motifs is 1. The average molecular weight is 393 g/mol. The van der Waals surface area contributed by atoms with Gasteiger partial charge in [-0.15, -0.1) is 0 Å². The van der Waals surface area contributed by atoms with Gasteiger partial charge >= 0.3 is 0 Å². The van der Waals surface area contributed by atoms with Gasteiger partial charge in [-0.25, -0.2) is 9.97 Å². The third kappa shape index (κ3) is 3.84. The van der Waals surface area contributed by atoms with E-state index in [4.69, 9.17) is 4.74 Å². The fourth-order valence-corrected chi connectivity index (χ4v) is 3.47. The molecule has 1 atom stereocenters. The van der Waals surface area contributed by atoms with Crippen LogP contribution in [0.4, 0.5) is 0 Å². The van der Waals surface area contributed by atoms with Gasteiger partial charge in [0.1, 0.15) is 0 Å². The molecule has 0 radical (unpaired) electrons. The van der Waals surface area contributed by atoms with Crippen LogP contribution in [0.1, 0.15) is 39.5 Å². The first-order valence-electron chi connectivity index (χ1n) is 9.58. The van der Waals surface area contributed by atoms with Gasteiger partial charge in [-0.1, -0.05) is 12.1 Å². The van der Waals surface area contributed by atoms with E-state index in [1.54, 1.807) is 4.90 Å². The Balaban J connectivity index is 1.54. The van der Waals surface area contributed by atoms with Gasteiger partial charge in [0.15, 0.2) is 11.4 Å². The second-order valence-electron chi connectivity index (χ2n) is 7.10. The molecule has 29 heavy (non-hydrogen) atoms. The fourth-order valence-electron chi connectivity index (χ4n) is 3.47. The van der Waals surface area contributed by atoms with Crippen molar-refractivity contribution in [1.29, 1.82) is 0 Å². The molecule has 1 aromatic carbocycles. The van der Waals surface area contributed by atoms with Crippen molar-refractivity contribution in [2.75, 3.05) is 26.3 Å². The minimum atomic E-state index is -0.422. The highest BCUT2D eigenvalue weighted by Gasteiger charge is 2.26. The highest BCUT2D eigenvalue weighted by Crippen LogP contribution is 2.21. The van der Waals surface area contributed by atoms with Gasteiger partial charge in [-0.05, 0) is 30.0 Å². The SMILES string of the molecule is CC(NC(=O)c1nccnc1C(=O)N1CCOCC1)c1ccc2ccn(C)c2c1. The number of aryl methyl sites for hydroxylation is 1. The normalized spacial score (nSPS) is 15.3. The zero-order valence-electron chi connectivity index (χ0n) is 16.5. The summed E-state index contributed by atoms with van der Waals surface area (Å²) in [4.78, 5) is 35.6. The van der Waals surface area contributed by atoms with Gasteiger partial charge in [0.25, 0.3) is 11.8 Å². The number of nitrogens with zero attached hydrogens (tertiary/aromatic N) is 4. The molecule has 1 aliphatic rings. The van der Waals surface area contributed by atoms with Crippen molar-refractivity contribution in [3.05, 3.63) is 59.8 Å². The maximum absolute atomic E-state index is 12.9. The van der Waals surface area contributed by atoms with Crippen molar-refractivity contribution in [3.63, 3.8) is 0 Å². The second-order valence-corrected chi connectivity index (χ2v) is 7.10. The molecule has 0 aliphatic carbocycles. The zero-order chi connectivity index (χ0) is 20.4. The van der Waals surface area contributed by atoms with Gasteiger partial charge in [0, 0.05) is 44.2 Å². The molecule has 1 N–H and O–H groups in total. The van der Waals surface area contributed by atoms with Gasteiger partial charge in [0.05, 0.1) is 19.3 Å². The topological polar surface area (TPSA) is 89.3 Å². The van der Waals surface area contributed by atoms with E-state index in [9.17, 15) is 9.59 Å². The number of hydrogen-bond acceptors (Lipinski definition) is 5. The summed E-state index contributed by atoms with van der Waals surface area (Å²) in [5, 5.41) is 4.08. The van der Waals surface area contributed by atoms with Crippen molar-refractivity contribution in [3.8, 4) is 0 Å². The zero-order valence-corrected chi connectivity index (χ0v) is 16.5. The molecule has 4 rings (SSSR count). The average Bonchev–Trinajstić information content (AvgIpc) is 3.14. The van der Waals surface area contributed by atoms with Crippen molar-refractivity contribution in [1.82, 2.24) is 24.8 Å². The molecule has 3 heterocycles. The maximum Gasteiger partial charge on any atom is 0.275 e. The summed E-state index contributed by atoms with van der Waals surface area (Å²) in [7, 11) is 1.98. The Morgan fingerprint density at radius 1 is 1.10 bits per heavy atom. The molecular formula is C21H23N5O3. The molecule has 0 saturated carbocycles. The summed E-state index contributed by atoms with van der Waals surface area (Å²) in [5.74, 6) is -0.723. The number of nitrogens with one attached hydrogen (secondary N) is 1. The monoisotopic (exact) mass is 393 g/mol. The minimum Gasteiger partial charge on any atom is -0.378 e. The van der Waals surface area contributed by atoms with Crippen LogP contribution in [0.3, 0.4) is 0 Å². The van der Waals surface area contributed by atoms with Crippen molar-refractivity contribution in [2.45, 2.75) is 13.0 Å². The Morgan fingerprint density at radius 3 is 2.59 bits per heavy atom. The first kappa shape index (κ1) is 19.1. The standard InChI is InChI=1S/C21H23N5O3/c1-14(16-4-3-15-5-8-25(2)17(15)13-16)24-20(27)18-19(23-7-6-22-18)21(28)26-9-11-29-12-10-26/h3-8,13-14H,9-12H2,1-2H3,(H,24,27). The van der Waals surface area contributed by atoms with E-state index < -0.39 is 5.91 Å². The quantitative estimate of drug-likeness (QED) is 0.732. The minimum absolute atomic E-state index is 0.0378. The highest BCUT2D eigenvalue weighted by atomic mass is 16.5. The number of carbonyl (C=O) groups is 2. The number of benzene rings is 1. The highest BCUT2D eigenvalue weighted by molar-refractivity contribution is 6.04. The molecule has 2 amide bonds. The van der Waals surface area contributed by atoms with E-state index in [2.05, 4.69) is 21.4 Å². The molecule has 1 fully saturated rings. The first-order valence-corrected chi connectivity index (χ1v) is 9.58. The van der Waals surface area contributed by atoms with Gasteiger partial charge in [-0.2, -0.15) is 0 Å². The Hall–Kier alpha value is -3.26. The number of ether oxygens (including phenoxy) is 1. The predicted octanol–water partition coefficient (Wildman–Crippen LogP) is 1.93. The van der Waals surface area contributed by atoms with E-state index >= 15 is 0 Å². The van der Waals surface area contributed by atoms with E-state index in [1.165, 1.54) is 12.4 Å². The third-order valence-electron chi connectivity index (χ3n) is 5.17. The van der Waals surface area contributed by atoms with Crippen LogP contribution in [0, 0.1) is 0 Å². The van der Waals surface area contributed by atoms with Crippen LogP contribution >= 0.6 is 0 Å². The van der Waals surface area contributed by atoms with Crippen LogP contribution in [-0.4, -0.2) is 57.6 Å². The summed E-state index contributed by atoms with van der Waals surface area (Å²) in [5.41, 5.74) is 2.16. The summed E-state index contributed by atoms with van der Waals surface area (Å²) in [6.07, 6.45) is 4.85. The predicted molar refractivity (Wildman–Crippen MR) is 108 cm³/mol. The first-order chi connectivity index (χ1) is 14.0. The van der Waals surface area contributed by atoms with Gasteiger partial charge < -0.3 is 19.5 Å². The fraction of sp³-hybridized carbons (Fsp3) is 0.333. The number of hydrogen-bond donors (Lipinski definition) is 1. The number of amides is 2. The van der Waals surface area contributed by atoms with Crippen LogP contribution in [0.15, 0.2) is 42.9 Å². The van der Waals surface area contributed by atoms with Crippen LogP contribution in [-0.2, 0) is 11.8 Å². The Kier molecular flexibility index (Phi) is 5.26. The van der Waals surface area contributed by atoms with Crippen LogP contribution in [0.5, 0.6) is 0 Å².